The summed E-state index contributed by atoms with van der Waals surface area (Å²) in [6.45, 7) is 1.66. The van der Waals surface area contributed by atoms with Gasteiger partial charge in [-0.1, -0.05) is 35.9 Å². The molecule has 1 aromatic rings. The van der Waals surface area contributed by atoms with E-state index in [2.05, 4.69) is 12.1 Å². The van der Waals surface area contributed by atoms with Gasteiger partial charge in [0.05, 0.1) is 0 Å². The maximum absolute atomic E-state index is 5.46. The van der Waals surface area contributed by atoms with Crippen molar-refractivity contribution in [1.29, 1.82) is 0 Å². The molecule has 0 atom stereocenters. The van der Waals surface area contributed by atoms with Crippen LogP contribution in [-0.4, -0.2) is 20.3 Å². The van der Waals surface area contributed by atoms with Crippen LogP contribution in [0.4, 0.5) is 0 Å². The standard InChI is InChI=1S/C10H13BO2/c1-2-5-10(6-3-1)9-11-12-7-4-8-13-11/h1-3,5-6H,4,7-9H2. The third-order valence-electron chi connectivity index (χ3n) is 2.14. The average molecular weight is 176 g/mol. The molecule has 0 radical (unpaired) electrons. The minimum Gasteiger partial charge on any atom is -0.411 e. The highest BCUT2D eigenvalue weighted by Gasteiger charge is 2.21. The molecule has 0 unspecified atom stereocenters. The van der Waals surface area contributed by atoms with Crippen molar-refractivity contribution in [2.24, 2.45) is 0 Å². The first kappa shape index (κ1) is 8.79. The smallest absolute Gasteiger partial charge is 0.411 e. The third-order valence-corrected chi connectivity index (χ3v) is 2.14. The monoisotopic (exact) mass is 176 g/mol. The van der Waals surface area contributed by atoms with Crippen LogP contribution in [0.1, 0.15) is 12.0 Å². The van der Waals surface area contributed by atoms with Gasteiger partial charge in [0.1, 0.15) is 0 Å². The Hall–Kier alpha value is -0.795. The summed E-state index contributed by atoms with van der Waals surface area (Å²) in [6.07, 6.45) is 1.88. The van der Waals surface area contributed by atoms with E-state index in [-0.39, 0.29) is 7.12 Å². The Bertz CT molecular complexity index is 244. The molecule has 1 aromatic carbocycles. The quantitative estimate of drug-likeness (QED) is 0.638. The van der Waals surface area contributed by atoms with Crippen LogP contribution in [0.5, 0.6) is 0 Å². The summed E-state index contributed by atoms with van der Waals surface area (Å²) in [4.78, 5) is 0. The molecule has 13 heavy (non-hydrogen) atoms. The Morgan fingerprint density at radius 2 is 1.77 bits per heavy atom. The van der Waals surface area contributed by atoms with Crippen molar-refractivity contribution in [3.63, 3.8) is 0 Å². The summed E-state index contributed by atoms with van der Waals surface area (Å²) in [7, 11) is -0.0313. The molecular weight excluding hydrogens is 163 g/mol. The van der Waals surface area contributed by atoms with Crippen molar-refractivity contribution in [3.8, 4) is 0 Å². The minimum absolute atomic E-state index is 0.0313. The van der Waals surface area contributed by atoms with Gasteiger partial charge in [0.15, 0.2) is 0 Å². The second kappa shape index (κ2) is 4.44. The molecule has 0 amide bonds. The van der Waals surface area contributed by atoms with Crippen LogP contribution in [0.2, 0.25) is 0 Å². The van der Waals surface area contributed by atoms with Crippen molar-refractivity contribution in [3.05, 3.63) is 35.9 Å². The van der Waals surface area contributed by atoms with Crippen LogP contribution >= 0.6 is 0 Å². The van der Waals surface area contributed by atoms with Gasteiger partial charge in [-0.05, 0) is 6.42 Å². The third kappa shape index (κ3) is 2.57. The highest BCUT2D eigenvalue weighted by atomic mass is 16.6. The van der Waals surface area contributed by atoms with Gasteiger partial charge in [-0.25, -0.2) is 0 Å². The second-order valence-corrected chi connectivity index (χ2v) is 3.21. The minimum atomic E-state index is -0.0313. The van der Waals surface area contributed by atoms with Crippen molar-refractivity contribution in [1.82, 2.24) is 0 Å². The van der Waals surface area contributed by atoms with Gasteiger partial charge in [-0.15, -0.1) is 0 Å². The lowest BCUT2D eigenvalue weighted by molar-refractivity contribution is 0.133. The molecule has 1 fully saturated rings. The molecule has 0 saturated carbocycles. The number of hydrogen-bond donors (Lipinski definition) is 0. The van der Waals surface area contributed by atoms with E-state index in [0.29, 0.717) is 0 Å². The number of hydrogen-bond acceptors (Lipinski definition) is 2. The van der Waals surface area contributed by atoms with Crippen LogP contribution < -0.4 is 0 Å². The first-order valence-electron chi connectivity index (χ1n) is 4.72. The van der Waals surface area contributed by atoms with E-state index >= 15 is 0 Å². The summed E-state index contributed by atoms with van der Waals surface area (Å²) in [5, 5.41) is 0. The highest BCUT2D eigenvalue weighted by molar-refractivity contribution is 6.44. The Morgan fingerprint density at radius 1 is 1.08 bits per heavy atom. The van der Waals surface area contributed by atoms with Gasteiger partial charge in [0, 0.05) is 19.5 Å². The Morgan fingerprint density at radius 3 is 2.46 bits per heavy atom. The van der Waals surface area contributed by atoms with E-state index in [4.69, 9.17) is 9.31 Å². The lowest BCUT2D eigenvalue weighted by Crippen LogP contribution is -2.31. The van der Waals surface area contributed by atoms with Crippen molar-refractivity contribution >= 4 is 7.12 Å². The Labute approximate surface area is 79.0 Å². The fourth-order valence-corrected chi connectivity index (χ4v) is 1.46. The van der Waals surface area contributed by atoms with Crippen LogP contribution in [0.25, 0.3) is 0 Å². The van der Waals surface area contributed by atoms with E-state index in [1.54, 1.807) is 0 Å². The van der Waals surface area contributed by atoms with Crippen LogP contribution in [0.15, 0.2) is 30.3 Å². The fourth-order valence-electron chi connectivity index (χ4n) is 1.46. The molecule has 2 rings (SSSR count). The van der Waals surface area contributed by atoms with Crippen molar-refractivity contribution in [2.45, 2.75) is 12.7 Å². The Balaban J connectivity index is 1.90. The zero-order chi connectivity index (χ0) is 8.93. The van der Waals surface area contributed by atoms with Gasteiger partial charge in [0.2, 0.25) is 0 Å². The first-order valence-corrected chi connectivity index (χ1v) is 4.72. The predicted octanol–water partition coefficient (Wildman–Crippen LogP) is 1.69. The summed E-state index contributed by atoms with van der Waals surface area (Å²) in [6, 6.07) is 10.3. The topological polar surface area (TPSA) is 18.5 Å². The van der Waals surface area contributed by atoms with Gasteiger partial charge in [0.25, 0.3) is 0 Å². The zero-order valence-corrected chi connectivity index (χ0v) is 7.61. The van der Waals surface area contributed by atoms with Gasteiger partial charge in [-0.3, -0.25) is 0 Å². The number of rotatable bonds is 2. The summed E-state index contributed by atoms with van der Waals surface area (Å²) < 4.78 is 10.9. The fraction of sp³-hybridized carbons (Fsp3) is 0.400. The molecule has 0 bridgehead atoms. The first-order chi connectivity index (χ1) is 6.45. The summed E-state index contributed by atoms with van der Waals surface area (Å²) >= 11 is 0. The van der Waals surface area contributed by atoms with Crippen molar-refractivity contribution < 1.29 is 9.31 Å². The lowest BCUT2D eigenvalue weighted by atomic mass is 9.80. The summed E-state index contributed by atoms with van der Waals surface area (Å²) in [5.74, 6) is 0. The van der Waals surface area contributed by atoms with E-state index in [9.17, 15) is 0 Å². The molecule has 1 saturated heterocycles. The highest BCUT2D eigenvalue weighted by Crippen LogP contribution is 2.08. The van der Waals surface area contributed by atoms with Crippen LogP contribution in [-0.2, 0) is 15.6 Å². The molecule has 1 aliphatic rings. The van der Waals surface area contributed by atoms with Crippen LogP contribution in [0, 0.1) is 0 Å². The molecule has 0 aromatic heterocycles. The van der Waals surface area contributed by atoms with E-state index in [1.807, 2.05) is 18.2 Å². The average Bonchev–Trinajstić information content (AvgIpc) is 2.21. The molecule has 1 aliphatic heterocycles. The second-order valence-electron chi connectivity index (χ2n) is 3.21. The van der Waals surface area contributed by atoms with Gasteiger partial charge in [-0.2, -0.15) is 0 Å². The number of benzene rings is 1. The molecule has 1 heterocycles. The molecule has 2 nitrogen and oxygen atoms in total. The molecule has 0 spiro atoms. The Kier molecular flexibility index (Phi) is 3.00. The van der Waals surface area contributed by atoms with E-state index in [0.717, 1.165) is 26.0 Å². The zero-order valence-electron chi connectivity index (χ0n) is 7.61. The maximum atomic E-state index is 5.46. The summed E-state index contributed by atoms with van der Waals surface area (Å²) in [5.41, 5.74) is 1.27. The van der Waals surface area contributed by atoms with Crippen LogP contribution in [0.3, 0.4) is 0 Å². The molecule has 68 valence electrons. The molecule has 3 heteroatoms. The van der Waals surface area contributed by atoms with E-state index in [1.165, 1.54) is 5.56 Å². The SMILES string of the molecule is c1ccc(CB2OCCCO2)cc1. The maximum Gasteiger partial charge on any atom is 0.461 e. The molecular formula is C10H13BO2. The van der Waals surface area contributed by atoms with Gasteiger partial charge >= 0.3 is 7.12 Å². The predicted molar refractivity (Wildman–Crippen MR) is 52.4 cm³/mol. The molecule has 0 N–H and O–H groups in total. The largest absolute Gasteiger partial charge is 0.461 e. The normalized spacial score (nSPS) is 17.4. The van der Waals surface area contributed by atoms with E-state index < -0.39 is 0 Å². The van der Waals surface area contributed by atoms with Gasteiger partial charge < -0.3 is 9.31 Å². The van der Waals surface area contributed by atoms with Crippen molar-refractivity contribution in [2.75, 3.05) is 13.2 Å². The lowest BCUT2D eigenvalue weighted by Gasteiger charge is -2.19. The molecule has 0 aliphatic carbocycles.